The van der Waals surface area contributed by atoms with Gasteiger partial charge in [0.1, 0.15) is 11.5 Å². The number of rotatable bonds is 6. The summed E-state index contributed by atoms with van der Waals surface area (Å²) < 4.78 is 11.2. The normalized spacial score (nSPS) is 13.9. The van der Waals surface area contributed by atoms with Crippen molar-refractivity contribution in [3.8, 4) is 11.5 Å². The van der Waals surface area contributed by atoms with Crippen LogP contribution in [0.3, 0.4) is 0 Å². The third-order valence-corrected chi connectivity index (χ3v) is 7.21. The average molecular weight is 537 g/mol. The van der Waals surface area contributed by atoms with E-state index in [1.54, 1.807) is 38.5 Å². The zero-order valence-corrected chi connectivity index (χ0v) is 21.7. The van der Waals surface area contributed by atoms with E-state index in [-0.39, 0.29) is 11.8 Å². The standard InChI is InChI=1S/C28H29BrN2O4/c1-18-4-5-21(16-26(18)30-27(32)24-17-23(35-3)10-11-25(24)29)28(33)31-14-12-20(13-15-31)19-6-8-22(34-2)9-7-19/h4-11,16-17,20H,12-15H2,1-3H3,(H,30,32). The number of amides is 2. The molecule has 1 saturated heterocycles. The number of methoxy groups -OCH3 is 2. The summed E-state index contributed by atoms with van der Waals surface area (Å²) in [4.78, 5) is 28.1. The minimum absolute atomic E-state index is 0.0174. The Morgan fingerprint density at radius 3 is 2.23 bits per heavy atom. The van der Waals surface area contributed by atoms with Gasteiger partial charge in [-0.1, -0.05) is 18.2 Å². The number of hydrogen-bond donors (Lipinski definition) is 1. The van der Waals surface area contributed by atoms with Crippen molar-refractivity contribution in [3.63, 3.8) is 0 Å². The van der Waals surface area contributed by atoms with E-state index in [4.69, 9.17) is 9.47 Å². The van der Waals surface area contributed by atoms with Crippen molar-refractivity contribution in [1.82, 2.24) is 4.90 Å². The predicted molar refractivity (Wildman–Crippen MR) is 141 cm³/mol. The van der Waals surface area contributed by atoms with E-state index in [0.717, 1.165) is 24.2 Å². The van der Waals surface area contributed by atoms with Gasteiger partial charge in [0.25, 0.3) is 11.8 Å². The number of nitrogens with zero attached hydrogens (tertiary/aromatic N) is 1. The third-order valence-electron chi connectivity index (χ3n) is 6.52. The van der Waals surface area contributed by atoms with Crippen LogP contribution < -0.4 is 14.8 Å². The van der Waals surface area contributed by atoms with Gasteiger partial charge in [-0.2, -0.15) is 0 Å². The minimum atomic E-state index is -0.274. The van der Waals surface area contributed by atoms with Crippen molar-refractivity contribution in [2.45, 2.75) is 25.7 Å². The topological polar surface area (TPSA) is 67.9 Å². The highest BCUT2D eigenvalue weighted by molar-refractivity contribution is 9.10. The highest BCUT2D eigenvalue weighted by atomic mass is 79.9. The highest BCUT2D eigenvalue weighted by Gasteiger charge is 2.25. The molecule has 0 atom stereocenters. The lowest BCUT2D eigenvalue weighted by Gasteiger charge is -2.32. The fraction of sp³-hybridized carbons (Fsp3) is 0.286. The molecule has 0 unspecified atom stereocenters. The maximum atomic E-state index is 13.3. The molecule has 1 aliphatic heterocycles. The lowest BCUT2D eigenvalue weighted by molar-refractivity contribution is 0.0712. The molecular formula is C28H29BrN2O4. The predicted octanol–water partition coefficient (Wildman–Crippen LogP) is 6.05. The van der Waals surface area contributed by atoms with Crippen LogP contribution in [0.25, 0.3) is 0 Å². The lowest BCUT2D eigenvalue weighted by Crippen LogP contribution is -2.38. The van der Waals surface area contributed by atoms with Crippen LogP contribution >= 0.6 is 15.9 Å². The summed E-state index contributed by atoms with van der Waals surface area (Å²) in [5, 5.41) is 2.95. The van der Waals surface area contributed by atoms with Crippen LogP contribution in [0.1, 0.15) is 50.6 Å². The molecule has 3 aromatic rings. The van der Waals surface area contributed by atoms with E-state index in [0.29, 0.717) is 46.0 Å². The van der Waals surface area contributed by atoms with Gasteiger partial charge in [0, 0.05) is 28.8 Å². The first-order valence-electron chi connectivity index (χ1n) is 11.6. The van der Waals surface area contributed by atoms with Gasteiger partial charge in [-0.15, -0.1) is 0 Å². The zero-order chi connectivity index (χ0) is 24.9. The van der Waals surface area contributed by atoms with Crippen LogP contribution in [0, 0.1) is 6.92 Å². The number of likely N-dealkylation sites (tertiary alicyclic amines) is 1. The van der Waals surface area contributed by atoms with Gasteiger partial charge >= 0.3 is 0 Å². The number of carbonyl (C=O) groups is 2. The molecule has 3 aromatic carbocycles. The highest BCUT2D eigenvalue weighted by Crippen LogP contribution is 2.30. The van der Waals surface area contributed by atoms with Gasteiger partial charge in [0.15, 0.2) is 0 Å². The Balaban J connectivity index is 1.43. The van der Waals surface area contributed by atoms with E-state index in [1.807, 2.05) is 36.1 Å². The zero-order valence-electron chi connectivity index (χ0n) is 20.1. The van der Waals surface area contributed by atoms with E-state index in [9.17, 15) is 9.59 Å². The fourth-order valence-electron chi connectivity index (χ4n) is 4.36. The van der Waals surface area contributed by atoms with Gasteiger partial charge in [0.05, 0.1) is 19.8 Å². The molecular weight excluding hydrogens is 508 g/mol. The Bertz CT molecular complexity index is 1220. The van der Waals surface area contributed by atoms with Gasteiger partial charge in [-0.25, -0.2) is 0 Å². The molecule has 0 spiro atoms. The Labute approximate surface area is 214 Å². The Morgan fingerprint density at radius 2 is 1.57 bits per heavy atom. The van der Waals surface area contributed by atoms with Crippen molar-refractivity contribution < 1.29 is 19.1 Å². The summed E-state index contributed by atoms with van der Waals surface area (Å²) in [5.41, 5.74) is 3.80. The smallest absolute Gasteiger partial charge is 0.256 e. The van der Waals surface area contributed by atoms with Crippen molar-refractivity contribution in [2.75, 3.05) is 32.6 Å². The molecule has 1 fully saturated rings. The molecule has 1 N–H and O–H groups in total. The number of anilines is 1. The van der Waals surface area contributed by atoms with Crippen LogP contribution in [-0.2, 0) is 0 Å². The molecule has 1 aliphatic rings. The number of ether oxygens (including phenoxy) is 2. The van der Waals surface area contributed by atoms with E-state index in [2.05, 4.69) is 33.4 Å². The summed E-state index contributed by atoms with van der Waals surface area (Å²) in [6.45, 7) is 3.30. The van der Waals surface area contributed by atoms with Crippen LogP contribution in [0.4, 0.5) is 5.69 Å². The van der Waals surface area contributed by atoms with Crippen LogP contribution in [0.2, 0.25) is 0 Å². The summed E-state index contributed by atoms with van der Waals surface area (Å²) in [7, 11) is 3.22. The minimum Gasteiger partial charge on any atom is -0.497 e. The number of aryl methyl sites for hydroxylation is 1. The average Bonchev–Trinajstić information content (AvgIpc) is 2.90. The Hall–Kier alpha value is -3.32. The first kappa shape index (κ1) is 24.8. The maximum absolute atomic E-state index is 13.3. The van der Waals surface area contributed by atoms with E-state index in [1.165, 1.54) is 5.56 Å². The second-order valence-corrected chi connectivity index (χ2v) is 9.52. The summed E-state index contributed by atoms with van der Waals surface area (Å²) in [5.74, 6) is 1.58. The number of benzene rings is 3. The third kappa shape index (κ3) is 5.68. The quantitative estimate of drug-likeness (QED) is 0.416. The monoisotopic (exact) mass is 536 g/mol. The molecule has 4 rings (SSSR count). The van der Waals surface area contributed by atoms with Crippen LogP contribution in [0.15, 0.2) is 65.1 Å². The summed E-state index contributed by atoms with van der Waals surface area (Å²) >= 11 is 3.43. The van der Waals surface area contributed by atoms with Crippen molar-refractivity contribution in [3.05, 3.63) is 87.4 Å². The van der Waals surface area contributed by atoms with Gasteiger partial charge in [0.2, 0.25) is 0 Å². The largest absolute Gasteiger partial charge is 0.497 e. The first-order valence-corrected chi connectivity index (χ1v) is 12.4. The summed E-state index contributed by atoms with van der Waals surface area (Å²) in [6, 6.07) is 18.9. The van der Waals surface area contributed by atoms with Crippen molar-refractivity contribution in [2.24, 2.45) is 0 Å². The Morgan fingerprint density at radius 1 is 0.914 bits per heavy atom. The maximum Gasteiger partial charge on any atom is 0.256 e. The van der Waals surface area contributed by atoms with Gasteiger partial charge < -0.3 is 19.7 Å². The molecule has 182 valence electrons. The summed E-state index contributed by atoms with van der Waals surface area (Å²) in [6.07, 6.45) is 1.83. The molecule has 7 heteroatoms. The molecule has 2 amide bonds. The molecule has 35 heavy (non-hydrogen) atoms. The molecule has 1 heterocycles. The number of carbonyl (C=O) groups excluding carboxylic acids is 2. The molecule has 0 aliphatic carbocycles. The van der Waals surface area contributed by atoms with Crippen molar-refractivity contribution in [1.29, 1.82) is 0 Å². The van der Waals surface area contributed by atoms with E-state index < -0.39 is 0 Å². The second-order valence-electron chi connectivity index (χ2n) is 8.67. The molecule has 0 aromatic heterocycles. The number of piperidine rings is 1. The molecule has 0 saturated carbocycles. The van der Waals surface area contributed by atoms with Gasteiger partial charge in [-0.05, 0) is 95.2 Å². The van der Waals surface area contributed by atoms with E-state index >= 15 is 0 Å². The fourth-order valence-corrected chi connectivity index (χ4v) is 4.79. The number of nitrogens with one attached hydrogen (secondary N) is 1. The molecule has 0 radical (unpaired) electrons. The van der Waals surface area contributed by atoms with Gasteiger partial charge in [-0.3, -0.25) is 9.59 Å². The molecule has 6 nitrogen and oxygen atoms in total. The second kappa shape index (κ2) is 11.0. The molecule has 0 bridgehead atoms. The van der Waals surface area contributed by atoms with Crippen molar-refractivity contribution >= 4 is 33.4 Å². The first-order chi connectivity index (χ1) is 16.9. The number of halogens is 1. The van der Waals surface area contributed by atoms with Crippen LogP contribution in [-0.4, -0.2) is 44.0 Å². The lowest BCUT2D eigenvalue weighted by atomic mass is 9.89. The van der Waals surface area contributed by atoms with Crippen LogP contribution in [0.5, 0.6) is 11.5 Å². The SMILES string of the molecule is COc1ccc(C2CCN(C(=O)c3ccc(C)c(NC(=O)c4cc(OC)ccc4Br)c3)CC2)cc1. The Kier molecular flexibility index (Phi) is 7.76. The number of hydrogen-bond acceptors (Lipinski definition) is 4.